The van der Waals surface area contributed by atoms with Gasteiger partial charge in [0.15, 0.2) is 12.3 Å². The van der Waals surface area contributed by atoms with E-state index >= 15 is 0 Å². The fourth-order valence-corrected chi connectivity index (χ4v) is 2.32. The first-order chi connectivity index (χ1) is 12.0. The molecule has 0 atom stereocenters. The molecule has 0 bridgehead atoms. The molecule has 0 saturated heterocycles. The molecule has 1 aromatic carbocycles. The van der Waals surface area contributed by atoms with E-state index in [1.54, 1.807) is 12.1 Å². The van der Waals surface area contributed by atoms with Crippen molar-refractivity contribution >= 4 is 40.2 Å². The average molecular weight is 455 g/mol. The number of halogens is 1. The maximum absolute atomic E-state index is 12.0. The number of nitrogens with one attached hydrogen (secondary N) is 1. The molecule has 2 aromatic rings. The summed E-state index contributed by atoms with van der Waals surface area (Å²) in [6.07, 6.45) is 1.69. The first-order valence-electron chi connectivity index (χ1n) is 7.80. The Morgan fingerprint density at radius 3 is 2.60 bits per heavy atom. The van der Waals surface area contributed by atoms with Crippen LogP contribution in [-0.2, 0) is 16.1 Å². The smallest absolute Gasteiger partial charge is 0.359 e. The van der Waals surface area contributed by atoms with Crippen molar-refractivity contribution in [3.63, 3.8) is 0 Å². The molecule has 7 nitrogen and oxygen atoms in total. The zero-order chi connectivity index (χ0) is 18.2. The number of carbonyl (C=O) groups excluding carboxylic acids is 2. The van der Waals surface area contributed by atoms with Crippen LogP contribution in [0.3, 0.4) is 0 Å². The fraction of sp³-hybridized carbons (Fsp3) is 0.294. The molecule has 132 valence electrons. The van der Waals surface area contributed by atoms with Gasteiger partial charge >= 0.3 is 5.97 Å². The van der Waals surface area contributed by atoms with Crippen LogP contribution in [0.5, 0.6) is 0 Å². The van der Waals surface area contributed by atoms with E-state index in [9.17, 15) is 14.4 Å². The lowest BCUT2D eigenvalue weighted by Crippen LogP contribution is -2.26. The van der Waals surface area contributed by atoms with Crippen LogP contribution < -0.4 is 10.9 Å². The Labute approximate surface area is 158 Å². The number of benzene rings is 1. The van der Waals surface area contributed by atoms with Crippen LogP contribution in [-0.4, -0.2) is 28.3 Å². The van der Waals surface area contributed by atoms with Crippen LogP contribution in [0.25, 0.3) is 0 Å². The number of aryl methyl sites for hydroxylation is 1. The molecule has 0 spiro atoms. The van der Waals surface area contributed by atoms with E-state index in [1.165, 1.54) is 16.8 Å². The normalized spacial score (nSPS) is 10.3. The highest BCUT2D eigenvalue weighted by atomic mass is 127. The third-order valence-corrected chi connectivity index (χ3v) is 3.98. The second-order valence-corrected chi connectivity index (χ2v) is 6.51. The Bertz CT molecular complexity index is 802. The van der Waals surface area contributed by atoms with Gasteiger partial charge in [-0.15, -0.1) is 0 Å². The summed E-state index contributed by atoms with van der Waals surface area (Å²) in [5.41, 5.74) is 0.340. The molecule has 1 aromatic heterocycles. The fourth-order valence-electron chi connectivity index (χ4n) is 1.96. The molecule has 1 N–H and O–H groups in total. The molecule has 25 heavy (non-hydrogen) atoms. The summed E-state index contributed by atoms with van der Waals surface area (Å²) in [4.78, 5) is 35.5. The number of hydrogen-bond acceptors (Lipinski definition) is 5. The van der Waals surface area contributed by atoms with Crippen molar-refractivity contribution in [2.24, 2.45) is 0 Å². The van der Waals surface area contributed by atoms with Crippen molar-refractivity contribution in [2.45, 2.75) is 26.3 Å². The van der Waals surface area contributed by atoms with Crippen LogP contribution >= 0.6 is 22.6 Å². The van der Waals surface area contributed by atoms with Crippen LogP contribution in [0.2, 0.25) is 0 Å². The molecule has 0 saturated carbocycles. The van der Waals surface area contributed by atoms with Gasteiger partial charge in [0.05, 0.1) is 0 Å². The van der Waals surface area contributed by atoms with Crippen LogP contribution in [0, 0.1) is 3.57 Å². The molecule has 1 amide bonds. The predicted molar refractivity (Wildman–Crippen MR) is 101 cm³/mol. The van der Waals surface area contributed by atoms with Gasteiger partial charge < -0.3 is 10.1 Å². The molecule has 0 aliphatic heterocycles. The maximum atomic E-state index is 12.0. The molecule has 0 unspecified atom stereocenters. The van der Waals surface area contributed by atoms with E-state index in [1.807, 2.05) is 19.1 Å². The Morgan fingerprint density at radius 1 is 1.20 bits per heavy atom. The average Bonchev–Trinajstić information content (AvgIpc) is 2.61. The number of unbranched alkanes of at least 4 members (excludes halogenated alkanes) is 1. The number of carbonyl (C=O) groups is 2. The van der Waals surface area contributed by atoms with Gasteiger partial charge in [0, 0.05) is 21.9 Å². The Morgan fingerprint density at radius 2 is 1.92 bits per heavy atom. The summed E-state index contributed by atoms with van der Waals surface area (Å²) >= 11 is 2.16. The van der Waals surface area contributed by atoms with Crippen molar-refractivity contribution in [3.05, 3.63) is 56.0 Å². The zero-order valence-corrected chi connectivity index (χ0v) is 15.9. The first-order valence-corrected chi connectivity index (χ1v) is 8.88. The highest BCUT2D eigenvalue weighted by molar-refractivity contribution is 14.1. The van der Waals surface area contributed by atoms with Gasteiger partial charge in [0.25, 0.3) is 11.5 Å². The second-order valence-electron chi connectivity index (χ2n) is 5.26. The van der Waals surface area contributed by atoms with Crippen LogP contribution in [0.15, 0.2) is 41.2 Å². The molecule has 1 heterocycles. The molecule has 0 radical (unpaired) electrons. The molecule has 2 rings (SSSR count). The zero-order valence-electron chi connectivity index (χ0n) is 13.7. The maximum Gasteiger partial charge on any atom is 0.359 e. The molecule has 0 aliphatic rings. The van der Waals surface area contributed by atoms with Crippen molar-refractivity contribution in [3.8, 4) is 0 Å². The summed E-state index contributed by atoms with van der Waals surface area (Å²) in [5, 5.41) is 6.61. The van der Waals surface area contributed by atoms with Gasteiger partial charge in [-0.25, -0.2) is 9.48 Å². The van der Waals surface area contributed by atoms with E-state index in [0.717, 1.165) is 16.4 Å². The lowest BCUT2D eigenvalue weighted by molar-refractivity contribution is -0.119. The summed E-state index contributed by atoms with van der Waals surface area (Å²) in [7, 11) is 0. The Balaban J connectivity index is 1.92. The quantitative estimate of drug-likeness (QED) is 0.512. The monoisotopic (exact) mass is 455 g/mol. The number of esters is 1. The number of aromatic nitrogens is 2. The molecule has 0 aliphatic carbocycles. The number of hydrogen-bond donors (Lipinski definition) is 1. The summed E-state index contributed by atoms with van der Waals surface area (Å²) < 4.78 is 7.23. The minimum atomic E-state index is -0.747. The van der Waals surface area contributed by atoms with Gasteiger partial charge in [-0.3, -0.25) is 9.59 Å². The number of anilines is 1. The van der Waals surface area contributed by atoms with Gasteiger partial charge in [0.1, 0.15) is 0 Å². The topological polar surface area (TPSA) is 90.3 Å². The summed E-state index contributed by atoms with van der Waals surface area (Å²) in [6, 6.07) is 9.78. The minimum Gasteiger partial charge on any atom is -0.451 e. The van der Waals surface area contributed by atoms with E-state index in [4.69, 9.17) is 4.74 Å². The van der Waals surface area contributed by atoms with E-state index in [-0.39, 0.29) is 11.3 Å². The lowest BCUT2D eigenvalue weighted by Gasteiger charge is -2.08. The number of ether oxygens (including phenoxy) is 1. The summed E-state index contributed by atoms with van der Waals surface area (Å²) in [6.45, 7) is 2.00. The predicted octanol–water partition coefficient (Wildman–Crippen LogP) is 2.44. The molecular weight excluding hydrogens is 437 g/mol. The highest BCUT2D eigenvalue weighted by Crippen LogP contribution is 2.11. The first kappa shape index (κ1) is 19.1. The SMILES string of the molecule is CCCCn1nc(C(=O)OCC(=O)Nc2ccc(I)cc2)ccc1=O. The number of nitrogens with zero attached hydrogens (tertiary/aromatic N) is 2. The molecule has 8 heteroatoms. The highest BCUT2D eigenvalue weighted by Gasteiger charge is 2.13. The van der Waals surface area contributed by atoms with Gasteiger partial charge in [-0.2, -0.15) is 5.10 Å². The van der Waals surface area contributed by atoms with Crippen molar-refractivity contribution in [1.29, 1.82) is 0 Å². The lowest BCUT2D eigenvalue weighted by atomic mass is 10.3. The van der Waals surface area contributed by atoms with Gasteiger partial charge in [0.2, 0.25) is 0 Å². The van der Waals surface area contributed by atoms with Gasteiger partial charge in [-0.1, -0.05) is 13.3 Å². The Kier molecular flexibility index (Phi) is 7.11. The van der Waals surface area contributed by atoms with Crippen LogP contribution in [0.1, 0.15) is 30.3 Å². The third-order valence-electron chi connectivity index (χ3n) is 3.26. The standard InChI is InChI=1S/C17H18IN3O4/c1-2-3-10-21-16(23)9-8-14(20-21)17(24)25-11-15(22)19-13-6-4-12(18)5-7-13/h4-9H,2-3,10-11H2,1H3,(H,19,22). The van der Waals surface area contributed by atoms with Gasteiger partial charge in [-0.05, 0) is 59.3 Å². The van der Waals surface area contributed by atoms with Crippen molar-refractivity contribution in [2.75, 3.05) is 11.9 Å². The van der Waals surface area contributed by atoms with Crippen molar-refractivity contribution < 1.29 is 14.3 Å². The third kappa shape index (κ3) is 5.96. The van der Waals surface area contributed by atoms with E-state index < -0.39 is 18.5 Å². The van der Waals surface area contributed by atoms with E-state index in [0.29, 0.717) is 12.2 Å². The second kappa shape index (κ2) is 9.30. The molecular formula is C17H18IN3O4. The minimum absolute atomic E-state index is 0.00207. The van der Waals surface area contributed by atoms with Crippen LogP contribution in [0.4, 0.5) is 5.69 Å². The Hall–Kier alpha value is -2.23. The number of amides is 1. The largest absolute Gasteiger partial charge is 0.451 e. The molecule has 0 fully saturated rings. The number of rotatable bonds is 7. The van der Waals surface area contributed by atoms with E-state index in [2.05, 4.69) is 33.0 Å². The summed E-state index contributed by atoms with van der Waals surface area (Å²) in [5.74, 6) is -1.20. The van der Waals surface area contributed by atoms with Crippen molar-refractivity contribution in [1.82, 2.24) is 9.78 Å².